The van der Waals surface area contributed by atoms with Gasteiger partial charge in [0, 0.05) is 17.7 Å². The Morgan fingerprint density at radius 2 is 1.92 bits per heavy atom. The number of nitrogens with one attached hydrogen (secondary N) is 1. The Morgan fingerprint density at radius 3 is 2.38 bits per heavy atom. The van der Waals surface area contributed by atoms with Gasteiger partial charge in [-0.1, -0.05) is 0 Å². The molecule has 0 spiro atoms. The highest BCUT2D eigenvalue weighted by molar-refractivity contribution is 7.78. The average Bonchev–Trinajstić information content (AvgIpc) is 2.37. The Morgan fingerprint density at radius 1 is 1.33 bits per heavy atom. The molecule has 0 aliphatic carbocycles. The summed E-state index contributed by atoms with van der Waals surface area (Å²) in [6.07, 6.45) is -5.14. The highest BCUT2D eigenvalue weighted by Gasteiger charge is 2.39. The first kappa shape index (κ1) is 20.2. The summed E-state index contributed by atoms with van der Waals surface area (Å²) in [5.41, 5.74) is -3.01. The van der Waals surface area contributed by atoms with E-state index in [9.17, 15) is 27.5 Å². The maximum Gasteiger partial charge on any atom is 0.471 e. The number of halogens is 4. The van der Waals surface area contributed by atoms with Crippen LogP contribution in [0.4, 0.5) is 23.2 Å². The second-order valence-corrected chi connectivity index (χ2v) is 6.30. The number of nitrogens with zero attached hydrogens (tertiary/aromatic N) is 1. The molecule has 0 aliphatic heterocycles. The number of thiocarbonyl (C=S) groups is 1. The molecule has 0 radical (unpaired) electrons. The van der Waals surface area contributed by atoms with Gasteiger partial charge in [0.05, 0.1) is 16.3 Å². The van der Waals surface area contributed by atoms with E-state index in [1.54, 1.807) is 5.32 Å². The van der Waals surface area contributed by atoms with Gasteiger partial charge in [-0.3, -0.25) is 4.79 Å². The Labute approximate surface area is 141 Å². The molecular formula is C15H16F4N2O2S. The summed E-state index contributed by atoms with van der Waals surface area (Å²) in [5.74, 6) is -2.94. The van der Waals surface area contributed by atoms with Crippen molar-refractivity contribution in [2.24, 2.45) is 4.99 Å². The van der Waals surface area contributed by atoms with Gasteiger partial charge in [-0.2, -0.15) is 13.2 Å². The summed E-state index contributed by atoms with van der Waals surface area (Å²) in [5, 5.41) is 13.7. The minimum atomic E-state index is -5.07. The quantitative estimate of drug-likeness (QED) is 0.475. The molecule has 4 nitrogen and oxygen atoms in total. The predicted octanol–water partition coefficient (Wildman–Crippen LogP) is 3.81. The lowest BCUT2D eigenvalue weighted by Crippen LogP contribution is -2.33. The van der Waals surface area contributed by atoms with Crippen molar-refractivity contribution >= 4 is 29.0 Å². The van der Waals surface area contributed by atoms with Crippen LogP contribution in [-0.2, 0) is 10.3 Å². The molecule has 2 N–H and O–H groups in total. The smallest absolute Gasteiger partial charge is 0.390 e. The highest BCUT2D eigenvalue weighted by atomic mass is 32.1. The zero-order valence-corrected chi connectivity index (χ0v) is 14.0. The molecule has 0 bridgehead atoms. The van der Waals surface area contributed by atoms with E-state index in [4.69, 9.17) is 0 Å². The summed E-state index contributed by atoms with van der Waals surface area (Å²) >= 11 is 4.54. The third-order valence-electron chi connectivity index (χ3n) is 3.13. The molecular weight excluding hydrogens is 348 g/mol. The number of hydrogen-bond acceptors (Lipinski definition) is 4. The fourth-order valence-electron chi connectivity index (χ4n) is 2.36. The normalized spacial score (nSPS) is 14.5. The Bertz CT molecular complexity index is 679. The van der Waals surface area contributed by atoms with Crippen molar-refractivity contribution in [2.45, 2.75) is 44.5 Å². The Balaban J connectivity index is 3.33. The zero-order valence-electron chi connectivity index (χ0n) is 13.2. The van der Waals surface area contributed by atoms with Crippen LogP contribution >= 0.6 is 12.2 Å². The van der Waals surface area contributed by atoms with Gasteiger partial charge < -0.3 is 10.4 Å². The molecule has 0 saturated heterocycles. The van der Waals surface area contributed by atoms with E-state index >= 15 is 0 Å². The van der Waals surface area contributed by atoms with E-state index in [0.29, 0.717) is 0 Å². The van der Waals surface area contributed by atoms with Crippen LogP contribution in [0.15, 0.2) is 23.2 Å². The van der Waals surface area contributed by atoms with Gasteiger partial charge in [0.15, 0.2) is 0 Å². The third-order valence-corrected chi connectivity index (χ3v) is 3.22. The first-order valence-corrected chi connectivity index (χ1v) is 7.19. The van der Waals surface area contributed by atoms with Crippen molar-refractivity contribution in [1.29, 1.82) is 0 Å². The maximum atomic E-state index is 14.2. The number of carbonyl (C=O) groups is 1. The number of amides is 1. The molecule has 1 amide bonds. The van der Waals surface area contributed by atoms with Gasteiger partial charge in [-0.25, -0.2) is 9.38 Å². The van der Waals surface area contributed by atoms with E-state index in [0.717, 1.165) is 18.2 Å². The SMILES string of the molecule is CC(C)(O)C[C@](C)(N=C=S)c1cc(NC(=O)C(F)(F)F)ccc1F. The fraction of sp³-hybridized carbons (Fsp3) is 0.467. The van der Waals surface area contributed by atoms with E-state index < -0.39 is 29.0 Å². The van der Waals surface area contributed by atoms with E-state index in [1.165, 1.54) is 20.8 Å². The molecule has 1 atom stereocenters. The molecule has 1 rings (SSSR count). The van der Waals surface area contributed by atoms with Crippen molar-refractivity contribution in [3.05, 3.63) is 29.6 Å². The third kappa shape index (κ3) is 5.36. The van der Waals surface area contributed by atoms with E-state index in [1.807, 2.05) is 0 Å². The molecule has 24 heavy (non-hydrogen) atoms. The van der Waals surface area contributed by atoms with Crippen LogP contribution in [0.1, 0.15) is 32.8 Å². The number of aliphatic hydroxyl groups is 1. The van der Waals surface area contributed by atoms with Gasteiger partial charge in [0.1, 0.15) is 5.82 Å². The molecule has 1 aromatic carbocycles. The summed E-state index contributed by atoms with van der Waals surface area (Å²) < 4.78 is 51.2. The van der Waals surface area contributed by atoms with Crippen LogP contribution in [0, 0.1) is 5.82 Å². The number of anilines is 1. The van der Waals surface area contributed by atoms with Crippen LogP contribution in [0.2, 0.25) is 0 Å². The molecule has 0 unspecified atom stereocenters. The molecule has 0 aliphatic rings. The fourth-order valence-corrected chi connectivity index (χ4v) is 2.56. The van der Waals surface area contributed by atoms with Crippen LogP contribution in [0.25, 0.3) is 0 Å². The molecule has 132 valence electrons. The first-order chi connectivity index (χ1) is 10.8. The largest absolute Gasteiger partial charge is 0.471 e. The lowest BCUT2D eigenvalue weighted by molar-refractivity contribution is -0.167. The Hall–Kier alpha value is -1.83. The van der Waals surface area contributed by atoms with Crippen LogP contribution in [0.3, 0.4) is 0 Å². The number of benzene rings is 1. The number of aliphatic imine (C=N–C) groups is 1. The lowest BCUT2D eigenvalue weighted by atomic mass is 9.82. The van der Waals surface area contributed by atoms with Crippen LogP contribution in [-0.4, -0.2) is 28.0 Å². The highest BCUT2D eigenvalue weighted by Crippen LogP contribution is 2.36. The number of rotatable bonds is 5. The summed E-state index contributed by atoms with van der Waals surface area (Å²) in [4.78, 5) is 14.9. The van der Waals surface area contributed by atoms with Crippen LogP contribution in [0.5, 0.6) is 0 Å². The summed E-state index contributed by atoms with van der Waals surface area (Å²) in [6.45, 7) is 4.40. The van der Waals surface area contributed by atoms with Gasteiger partial charge in [0.25, 0.3) is 0 Å². The average molecular weight is 364 g/mol. The standard InChI is InChI=1S/C15H16F4N2O2S/c1-13(2,23)7-14(3,20-8-24)10-6-9(4-5-11(10)16)21-12(22)15(17,18)19/h4-6,23H,7H2,1-3H3,(H,21,22)/t14-/m0/s1. The van der Waals surface area contributed by atoms with Gasteiger partial charge in [-0.15, -0.1) is 0 Å². The number of alkyl halides is 3. The lowest BCUT2D eigenvalue weighted by Gasteiger charge is -2.31. The Kier molecular flexibility index (Phi) is 5.86. The zero-order chi connectivity index (χ0) is 18.8. The van der Waals surface area contributed by atoms with E-state index in [2.05, 4.69) is 22.4 Å². The number of carbonyl (C=O) groups excluding carboxylic acids is 1. The molecule has 1 aromatic rings. The summed E-state index contributed by atoms with van der Waals surface area (Å²) in [6, 6.07) is 2.93. The minimum Gasteiger partial charge on any atom is -0.390 e. The first-order valence-electron chi connectivity index (χ1n) is 6.78. The topological polar surface area (TPSA) is 61.7 Å². The number of hydrogen-bond donors (Lipinski definition) is 2. The van der Waals surface area contributed by atoms with Crippen molar-refractivity contribution < 1.29 is 27.5 Å². The molecule has 0 fully saturated rings. The molecule has 0 saturated carbocycles. The van der Waals surface area contributed by atoms with Crippen molar-refractivity contribution in [3.63, 3.8) is 0 Å². The van der Waals surface area contributed by atoms with Crippen molar-refractivity contribution in [3.8, 4) is 0 Å². The van der Waals surface area contributed by atoms with Gasteiger partial charge in [0.2, 0.25) is 0 Å². The van der Waals surface area contributed by atoms with Crippen LogP contribution < -0.4 is 5.32 Å². The van der Waals surface area contributed by atoms with E-state index in [-0.39, 0.29) is 17.7 Å². The van der Waals surface area contributed by atoms with Gasteiger partial charge >= 0.3 is 12.1 Å². The maximum absolute atomic E-state index is 14.2. The predicted molar refractivity (Wildman–Crippen MR) is 84.4 cm³/mol. The minimum absolute atomic E-state index is 0.0722. The summed E-state index contributed by atoms with van der Waals surface area (Å²) in [7, 11) is 0. The number of isothiocyanates is 1. The van der Waals surface area contributed by atoms with Crippen molar-refractivity contribution in [2.75, 3.05) is 5.32 Å². The molecule has 0 aromatic heterocycles. The molecule has 9 heteroatoms. The van der Waals surface area contributed by atoms with Gasteiger partial charge in [-0.05, 0) is 51.2 Å². The monoisotopic (exact) mass is 364 g/mol. The van der Waals surface area contributed by atoms with Crippen molar-refractivity contribution in [1.82, 2.24) is 0 Å². The molecule has 0 heterocycles. The second kappa shape index (κ2) is 6.96. The second-order valence-electron chi connectivity index (χ2n) is 6.11.